The summed E-state index contributed by atoms with van der Waals surface area (Å²) in [7, 11) is 2.06. The van der Waals surface area contributed by atoms with Crippen molar-refractivity contribution in [3.63, 3.8) is 0 Å². The van der Waals surface area contributed by atoms with Crippen LogP contribution in [0.3, 0.4) is 0 Å². The van der Waals surface area contributed by atoms with E-state index in [0.717, 1.165) is 85.9 Å². The van der Waals surface area contributed by atoms with Crippen molar-refractivity contribution in [2.45, 2.75) is 63.9 Å². The molecule has 3 aromatic rings. The molecule has 1 amide bonds. The number of nitrogens with two attached hydrogens (primary N) is 1. The second-order valence-electron chi connectivity index (χ2n) is 11.1. The van der Waals surface area contributed by atoms with Crippen LogP contribution in [0, 0.1) is 5.41 Å². The highest BCUT2D eigenvalue weighted by Crippen LogP contribution is 2.48. The molecule has 3 aliphatic rings. The van der Waals surface area contributed by atoms with Crippen LogP contribution in [0.25, 0.3) is 27.7 Å². The van der Waals surface area contributed by atoms with Gasteiger partial charge < -0.3 is 19.9 Å². The van der Waals surface area contributed by atoms with Crippen LogP contribution in [-0.4, -0.2) is 49.5 Å². The van der Waals surface area contributed by atoms with E-state index in [1.807, 2.05) is 17.2 Å². The molecular formula is C30H36N6O2. The number of rotatable bonds is 5. The molecule has 0 bridgehead atoms. The Balaban J connectivity index is 1.33. The van der Waals surface area contributed by atoms with E-state index in [1.165, 1.54) is 30.8 Å². The largest absolute Gasteiger partial charge is 0.474 e. The molecule has 6 rings (SSSR count). The number of carbonyl (C=O) groups excluding carboxylic acids is 1. The van der Waals surface area contributed by atoms with Gasteiger partial charge in [0.15, 0.2) is 0 Å². The minimum absolute atomic E-state index is 0.0407. The fourth-order valence-electron chi connectivity index (χ4n) is 6.65. The number of fused-ring (bicyclic) bond motifs is 1. The van der Waals surface area contributed by atoms with E-state index in [2.05, 4.69) is 45.3 Å². The number of pyridine rings is 1. The number of nitrogen functional groups attached to an aromatic ring is 1. The Kier molecular flexibility index (Phi) is 6.41. The summed E-state index contributed by atoms with van der Waals surface area (Å²) in [5.74, 6) is 1.19. The van der Waals surface area contributed by atoms with E-state index in [-0.39, 0.29) is 17.4 Å². The molecule has 2 aliphatic carbocycles. The van der Waals surface area contributed by atoms with E-state index in [0.29, 0.717) is 11.7 Å². The number of hydrogen-bond donors (Lipinski definition) is 1. The van der Waals surface area contributed by atoms with Gasteiger partial charge in [0.2, 0.25) is 11.8 Å². The van der Waals surface area contributed by atoms with Crippen LogP contribution in [0.4, 0.5) is 5.82 Å². The number of aryl methyl sites for hydroxylation is 1. The fraction of sp³-hybridized carbons (Fsp3) is 0.467. The number of likely N-dealkylation sites (tertiary alicyclic amines) is 1. The average molecular weight is 513 g/mol. The van der Waals surface area contributed by atoms with Crippen molar-refractivity contribution in [3.8, 4) is 17.0 Å². The summed E-state index contributed by atoms with van der Waals surface area (Å²) in [6.45, 7) is 5.26. The van der Waals surface area contributed by atoms with Crippen LogP contribution in [-0.2, 0) is 11.8 Å². The normalized spacial score (nSPS) is 19.6. The first-order valence-electron chi connectivity index (χ1n) is 13.8. The Labute approximate surface area is 223 Å². The summed E-state index contributed by atoms with van der Waals surface area (Å²) < 4.78 is 8.27. The lowest BCUT2D eigenvalue weighted by molar-refractivity contribution is -0.128. The molecule has 4 heterocycles. The third-order valence-corrected chi connectivity index (χ3v) is 8.93. The second-order valence-corrected chi connectivity index (χ2v) is 11.1. The number of ether oxygens (including phenoxy) is 1. The van der Waals surface area contributed by atoms with E-state index >= 15 is 0 Å². The van der Waals surface area contributed by atoms with Crippen LogP contribution in [0.2, 0.25) is 0 Å². The minimum Gasteiger partial charge on any atom is -0.474 e. The third-order valence-electron chi connectivity index (χ3n) is 8.93. The lowest BCUT2D eigenvalue weighted by atomic mass is 9.68. The first-order chi connectivity index (χ1) is 18.5. The van der Waals surface area contributed by atoms with Gasteiger partial charge in [-0.05, 0) is 80.9 Å². The molecule has 38 heavy (non-hydrogen) atoms. The van der Waals surface area contributed by atoms with Crippen LogP contribution in [0.15, 0.2) is 43.4 Å². The van der Waals surface area contributed by atoms with Gasteiger partial charge >= 0.3 is 0 Å². The zero-order valence-corrected chi connectivity index (χ0v) is 22.2. The molecule has 0 radical (unpaired) electrons. The average Bonchev–Trinajstić information content (AvgIpc) is 3.56. The first-order valence-corrected chi connectivity index (χ1v) is 13.8. The van der Waals surface area contributed by atoms with Crippen LogP contribution in [0.1, 0.15) is 63.5 Å². The van der Waals surface area contributed by atoms with Crippen molar-refractivity contribution in [1.82, 2.24) is 24.4 Å². The summed E-state index contributed by atoms with van der Waals surface area (Å²) in [6, 6.07) is 4.05. The number of piperidine rings is 1. The van der Waals surface area contributed by atoms with Gasteiger partial charge in [0.1, 0.15) is 23.9 Å². The summed E-state index contributed by atoms with van der Waals surface area (Å²) in [5, 5.41) is 0.869. The smallest absolute Gasteiger partial charge is 0.245 e. The zero-order chi connectivity index (χ0) is 26.3. The number of amides is 1. The van der Waals surface area contributed by atoms with Gasteiger partial charge in [-0.25, -0.2) is 15.0 Å². The lowest BCUT2D eigenvalue weighted by Gasteiger charge is -2.43. The Hall–Kier alpha value is -3.68. The number of anilines is 1. The molecular weight excluding hydrogens is 476 g/mol. The van der Waals surface area contributed by atoms with Gasteiger partial charge in [-0.2, -0.15) is 0 Å². The summed E-state index contributed by atoms with van der Waals surface area (Å²) >= 11 is 0. The van der Waals surface area contributed by atoms with Gasteiger partial charge in [0.25, 0.3) is 0 Å². The van der Waals surface area contributed by atoms with E-state index in [9.17, 15) is 4.79 Å². The topological polar surface area (TPSA) is 99.2 Å². The fourth-order valence-corrected chi connectivity index (χ4v) is 6.65. The predicted molar refractivity (Wildman–Crippen MR) is 149 cm³/mol. The molecule has 0 atom stereocenters. The Morgan fingerprint density at radius 2 is 1.95 bits per heavy atom. The molecule has 2 fully saturated rings. The van der Waals surface area contributed by atoms with Gasteiger partial charge in [0, 0.05) is 43.5 Å². The maximum atomic E-state index is 12.1. The number of nitrogens with zero attached hydrogens (tertiary/aromatic N) is 5. The van der Waals surface area contributed by atoms with E-state index < -0.39 is 0 Å². The molecule has 0 unspecified atom stereocenters. The summed E-state index contributed by atoms with van der Waals surface area (Å²) in [4.78, 5) is 27.6. The number of allylic oxidation sites excluding steroid dienone is 2. The Morgan fingerprint density at radius 1 is 1.16 bits per heavy atom. The molecule has 8 heteroatoms. The maximum absolute atomic E-state index is 12.1. The van der Waals surface area contributed by atoms with Gasteiger partial charge in [-0.15, -0.1) is 0 Å². The molecule has 198 valence electrons. The molecule has 2 N–H and O–H groups in total. The Morgan fingerprint density at radius 3 is 2.61 bits per heavy atom. The SMILES string of the molecule is C=CC(=O)N1CCC2(CC=C(c3c(-c4ccc(OC5CCCC5)nc4)c4c(N)ncnc4n3C)CC2)CC1. The highest BCUT2D eigenvalue weighted by Gasteiger charge is 2.37. The monoisotopic (exact) mass is 512 g/mol. The van der Waals surface area contributed by atoms with Gasteiger partial charge in [0.05, 0.1) is 11.1 Å². The van der Waals surface area contributed by atoms with Crippen LogP contribution in [0.5, 0.6) is 5.88 Å². The molecule has 1 spiro atoms. The highest BCUT2D eigenvalue weighted by atomic mass is 16.5. The standard InChI is InChI=1S/C30H36N6O2/c1-3-24(37)36-16-14-30(15-17-36)12-10-20(11-13-30)27-25(26-28(31)33-19-34-29(26)35(27)2)21-8-9-23(32-18-21)38-22-6-4-5-7-22/h3,8-10,18-19,22H,1,4-7,11-17H2,2H3,(H2,31,33,34). The third kappa shape index (κ3) is 4.36. The number of hydrogen-bond acceptors (Lipinski definition) is 6. The van der Waals surface area contributed by atoms with Crippen molar-refractivity contribution in [1.29, 1.82) is 0 Å². The van der Waals surface area contributed by atoms with Crippen molar-refractivity contribution in [2.75, 3.05) is 18.8 Å². The number of aromatic nitrogens is 4. The van der Waals surface area contributed by atoms with E-state index in [4.69, 9.17) is 10.5 Å². The van der Waals surface area contributed by atoms with Crippen molar-refractivity contribution in [2.24, 2.45) is 12.5 Å². The van der Waals surface area contributed by atoms with Crippen molar-refractivity contribution >= 4 is 28.3 Å². The van der Waals surface area contributed by atoms with Crippen LogP contribution < -0.4 is 10.5 Å². The van der Waals surface area contributed by atoms with Crippen molar-refractivity contribution < 1.29 is 9.53 Å². The molecule has 0 aromatic carbocycles. The number of carbonyl (C=O) groups is 1. The Bertz CT molecular complexity index is 1390. The molecule has 3 aromatic heterocycles. The van der Waals surface area contributed by atoms with E-state index in [1.54, 1.807) is 0 Å². The molecule has 1 saturated carbocycles. The van der Waals surface area contributed by atoms with Crippen LogP contribution >= 0.6 is 0 Å². The minimum atomic E-state index is 0.0407. The predicted octanol–water partition coefficient (Wildman–Crippen LogP) is 5.30. The summed E-state index contributed by atoms with van der Waals surface area (Å²) in [5.41, 5.74) is 12.0. The molecule has 1 saturated heterocycles. The van der Waals surface area contributed by atoms with Gasteiger partial charge in [-0.1, -0.05) is 12.7 Å². The molecule has 1 aliphatic heterocycles. The second kappa shape index (κ2) is 9.89. The summed E-state index contributed by atoms with van der Waals surface area (Å²) in [6.07, 6.45) is 17.3. The van der Waals surface area contributed by atoms with Crippen molar-refractivity contribution in [3.05, 3.63) is 49.1 Å². The quantitative estimate of drug-likeness (QED) is 0.466. The van der Waals surface area contributed by atoms with Gasteiger partial charge in [-0.3, -0.25) is 4.79 Å². The molecule has 8 nitrogen and oxygen atoms in total. The first kappa shape index (κ1) is 24.6. The zero-order valence-electron chi connectivity index (χ0n) is 22.2. The lowest BCUT2D eigenvalue weighted by Crippen LogP contribution is -2.43. The maximum Gasteiger partial charge on any atom is 0.245 e. The highest BCUT2D eigenvalue weighted by molar-refractivity contribution is 6.05.